The van der Waals surface area contributed by atoms with Gasteiger partial charge in [-0.1, -0.05) is 72.8 Å². The van der Waals surface area contributed by atoms with E-state index in [9.17, 15) is 19.5 Å². The van der Waals surface area contributed by atoms with E-state index in [-0.39, 0.29) is 16.5 Å². The third-order valence-electron chi connectivity index (χ3n) is 11.0. The number of aromatic nitrogens is 1. The number of aliphatic imine (C=N–C) groups is 3. The Bertz CT molecular complexity index is 3210. The average molecular weight is 904 g/mol. The van der Waals surface area contributed by atoms with Crippen LogP contribution in [0.1, 0.15) is 59.2 Å². The minimum atomic E-state index is -0.464. The smallest absolute Gasteiger partial charge is 0.657 e. The first-order valence-electron chi connectivity index (χ1n) is 20.0. The van der Waals surface area contributed by atoms with Gasteiger partial charge in [-0.15, -0.1) is 11.4 Å². The van der Waals surface area contributed by atoms with Crippen LogP contribution in [0, 0.1) is 0 Å². The summed E-state index contributed by atoms with van der Waals surface area (Å²) in [6.45, 7) is 0. The zero-order valence-electron chi connectivity index (χ0n) is 35.2. The van der Waals surface area contributed by atoms with E-state index >= 15 is 0 Å². The van der Waals surface area contributed by atoms with Gasteiger partial charge in [-0.3, -0.25) is 0 Å². The zero-order valence-corrected chi connectivity index (χ0v) is 36.2. The van der Waals surface area contributed by atoms with Crippen molar-refractivity contribution in [2.75, 3.05) is 28.4 Å². The van der Waals surface area contributed by atoms with Crippen molar-refractivity contribution < 1.29 is 54.9 Å². The SMILES string of the molecule is COC(=O)c1ccc(C2=C3C=CC(=N3)C(c3ccc(C(=O)OC)cc3)=C3C=CC(=N3)C(=c3ccc(=C([O-])OC)cc3)c3ccc([n-]3)C(c3ccc(C(=O)OC)cc3)=C3C=CC2=N3)cc1.[Ni+2]. The largest absolute Gasteiger partial charge is 2.00 e. The molecule has 4 aliphatic rings. The van der Waals surface area contributed by atoms with Crippen LogP contribution in [-0.4, -0.2) is 63.5 Å². The molecule has 4 aromatic carbocycles. The number of carbonyl (C=O) groups excluding carboxylic acids is 3. The van der Waals surface area contributed by atoms with Crippen LogP contribution in [0.4, 0.5) is 0 Å². The standard InChI is InChI=1S/C52H38N4O8.Ni/c1-61-49(57)33-13-5-29(6-14-33)45-37-21-23-39(53-37)46(30-7-15-34(16-8-30)50(58)62-2)41-25-27-43(55-41)48(32-11-19-36(20-12-32)52(60)64-4)44-28-26-42(56-44)47(40-24-22-38(45)54-40)31-9-17-35(18-10-31)51(59)63-3;/h5-28H,1-4H3,(H2,53,54,55,56,57,58,59,60);/q;+2/p-2. The third-order valence-corrected chi connectivity index (χ3v) is 11.0. The van der Waals surface area contributed by atoms with Gasteiger partial charge in [0.05, 0.1) is 78.2 Å². The summed E-state index contributed by atoms with van der Waals surface area (Å²) in [7, 11) is 5.35. The minimum Gasteiger partial charge on any atom is -0.657 e. The molecule has 0 atom stereocenters. The van der Waals surface area contributed by atoms with Gasteiger partial charge >= 0.3 is 34.4 Å². The van der Waals surface area contributed by atoms with Gasteiger partial charge in [0, 0.05) is 11.1 Å². The monoisotopic (exact) mass is 902 g/mol. The number of methoxy groups -OCH3 is 4. The molecule has 12 nitrogen and oxygen atoms in total. The number of hydrogen-bond donors (Lipinski definition) is 0. The maximum absolute atomic E-state index is 12.5. The fraction of sp³-hybridized carbons (Fsp3) is 0.0769. The second-order valence-electron chi connectivity index (χ2n) is 14.6. The molecule has 0 radical (unpaired) electrons. The summed E-state index contributed by atoms with van der Waals surface area (Å²) in [5.74, 6) is -1.86. The van der Waals surface area contributed by atoms with Crippen LogP contribution in [-0.2, 0) is 35.4 Å². The molecule has 0 unspecified atom stereocenters. The van der Waals surface area contributed by atoms with Gasteiger partial charge < -0.3 is 29.0 Å². The third kappa shape index (κ3) is 8.28. The molecule has 4 aliphatic heterocycles. The van der Waals surface area contributed by atoms with Crippen molar-refractivity contribution in [3.05, 3.63) is 218 Å². The van der Waals surface area contributed by atoms with E-state index in [1.165, 1.54) is 28.4 Å². The molecular formula is C52H36N4NiO8. The second kappa shape index (κ2) is 18.3. The van der Waals surface area contributed by atoms with Gasteiger partial charge in [-0.2, -0.15) is 0 Å². The van der Waals surface area contributed by atoms with Crippen LogP contribution in [0.25, 0.3) is 28.2 Å². The predicted molar refractivity (Wildman–Crippen MR) is 241 cm³/mol. The minimum absolute atomic E-state index is 0. The van der Waals surface area contributed by atoms with Crippen molar-refractivity contribution in [1.29, 1.82) is 0 Å². The number of hydrogen-bond acceptors (Lipinski definition) is 11. The van der Waals surface area contributed by atoms with Gasteiger partial charge in [-0.05, 0) is 118 Å². The summed E-state index contributed by atoms with van der Waals surface area (Å²) in [6, 6.07) is 32.1. The van der Waals surface area contributed by atoms with Crippen molar-refractivity contribution in [1.82, 2.24) is 4.98 Å². The van der Waals surface area contributed by atoms with Crippen molar-refractivity contribution in [3.8, 4) is 0 Å². The van der Waals surface area contributed by atoms with Crippen LogP contribution >= 0.6 is 0 Å². The topological polar surface area (TPSA) is 162 Å². The first kappa shape index (κ1) is 43.5. The summed E-state index contributed by atoms with van der Waals surface area (Å²) in [5, 5.41) is 13.6. The molecule has 0 saturated carbocycles. The van der Waals surface area contributed by atoms with E-state index < -0.39 is 23.9 Å². The number of ether oxygens (including phenoxy) is 4. The Morgan fingerprint density at radius 1 is 0.431 bits per heavy atom. The molecular weight excluding hydrogens is 867 g/mol. The maximum atomic E-state index is 12.5. The van der Waals surface area contributed by atoms with Crippen LogP contribution in [0.3, 0.4) is 0 Å². The molecule has 0 N–H and O–H groups in total. The molecule has 0 amide bonds. The number of allylic oxidation sites excluding steroid dienone is 8. The summed E-state index contributed by atoms with van der Waals surface area (Å²) in [4.78, 5) is 58.4. The molecule has 8 bridgehead atoms. The molecule has 0 saturated heterocycles. The predicted octanol–water partition coefficient (Wildman–Crippen LogP) is 5.90. The van der Waals surface area contributed by atoms with Gasteiger partial charge in [-0.25, -0.2) is 29.4 Å². The molecule has 0 aliphatic carbocycles. The maximum Gasteiger partial charge on any atom is 2.00 e. The Kier molecular flexibility index (Phi) is 12.2. The van der Waals surface area contributed by atoms with Crippen LogP contribution < -0.4 is 20.5 Å². The van der Waals surface area contributed by atoms with E-state index in [0.29, 0.717) is 89.8 Å². The summed E-state index contributed by atoms with van der Waals surface area (Å²) in [5.41, 5.74) is 11.0. The van der Waals surface area contributed by atoms with Gasteiger partial charge in [0.2, 0.25) is 0 Å². The van der Waals surface area contributed by atoms with E-state index in [0.717, 1.165) is 21.9 Å². The Hall–Kier alpha value is -8.15. The van der Waals surface area contributed by atoms with Crippen LogP contribution in [0.2, 0.25) is 0 Å². The average Bonchev–Trinajstić information content (AvgIpc) is 4.20. The van der Waals surface area contributed by atoms with E-state index in [4.69, 9.17) is 38.9 Å². The van der Waals surface area contributed by atoms with Gasteiger partial charge in [0.25, 0.3) is 0 Å². The quantitative estimate of drug-likeness (QED) is 0.110. The summed E-state index contributed by atoms with van der Waals surface area (Å²) >= 11 is 0. The number of esters is 3. The molecule has 13 heteroatoms. The Balaban J connectivity index is 0.00000576. The molecule has 5 aromatic rings. The van der Waals surface area contributed by atoms with Crippen molar-refractivity contribution >= 4 is 63.3 Å². The van der Waals surface area contributed by atoms with E-state index in [2.05, 4.69) is 0 Å². The molecule has 5 heterocycles. The number of fused-ring (bicyclic) bond motifs is 5. The van der Waals surface area contributed by atoms with E-state index in [1.807, 2.05) is 97.1 Å². The summed E-state index contributed by atoms with van der Waals surface area (Å²) < 4.78 is 19.9. The summed E-state index contributed by atoms with van der Waals surface area (Å²) in [6.07, 6.45) is 11.5. The van der Waals surface area contributed by atoms with Crippen molar-refractivity contribution in [3.63, 3.8) is 0 Å². The molecule has 0 spiro atoms. The fourth-order valence-electron chi connectivity index (χ4n) is 7.83. The number of nitrogens with zero attached hydrogens (tertiary/aromatic N) is 4. The normalized spacial score (nSPS) is 14.8. The number of benzene rings is 4. The zero-order chi connectivity index (χ0) is 44.5. The first-order valence-corrected chi connectivity index (χ1v) is 20.0. The number of carbonyl (C=O) groups is 3. The van der Waals surface area contributed by atoms with E-state index in [1.54, 1.807) is 48.5 Å². The van der Waals surface area contributed by atoms with Crippen molar-refractivity contribution in [2.45, 2.75) is 0 Å². The second-order valence-corrected chi connectivity index (χ2v) is 14.6. The fourth-order valence-corrected chi connectivity index (χ4v) is 7.83. The molecule has 0 fully saturated rings. The Morgan fingerprint density at radius 2 is 0.785 bits per heavy atom. The Morgan fingerprint density at radius 3 is 1.17 bits per heavy atom. The molecule has 1 aromatic heterocycles. The molecule has 9 rings (SSSR count). The number of rotatable bonds is 7. The van der Waals surface area contributed by atoms with Crippen LogP contribution in [0.15, 0.2) is 178 Å². The van der Waals surface area contributed by atoms with Crippen molar-refractivity contribution in [2.24, 2.45) is 15.0 Å². The molecule has 322 valence electrons. The van der Waals surface area contributed by atoms with Gasteiger partial charge in [0.1, 0.15) is 0 Å². The van der Waals surface area contributed by atoms with Gasteiger partial charge in [0.15, 0.2) is 0 Å². The molecule has 65 heavy (non-hydrogen) atoms. The Labute approximate surface area is 383 Å². The van der Waals surface area contributed by atoms with Crippen LogP contribution in [0.5, 0.6) is 0 Å². The first-order chi connectivity index (χ1) is 31.2.